The maximum absolute atomic E-state index is 6.26. The van der Waals surface area contributed by atoms with Crippen molar-refractivity contribution < 1.29 is 4.42 Å². The van der Waals surface area contributed by atoms with E-state index in [1.807, 2.05) is 24.3 Å². The minimum Gasteiger partial charge on any atom is -0.455 e. The molecule has 2 heterocycles. The third-order valence-corrected chi connectivity index (χ3v) is 4.93. The molecule has 0 aliphatic heterocycles. The number of allylic oxidation sites excluding steroid dienone is 2. The summed E-state index contributed by atoms with van der Waals surface area (Å²) in [4.78, 5) is 12.6. The van der Waals surface area contributed by atoms with E-state index in [-0.39, 0.29) is 5.41 Å². The van der Waals surface area contributed by atoms with Crippen LogP contribution >= 0.6 is 0 Å². The molecule has 0 fully saturated rings. The summed E-state index contributed by atoms with van der Waals surface area (Å²) in [5, 5.41) is 2.24. The van der Waals surface area contributed by atoms with Crippen molar-refractivity contribution in [2.24, 2.45) is 4.99 Å². The van der Waals surface area contributed by atoms with E-state index in [0.717, 1.165) is 50.3 Å². The molecule has 1 N–H and O–H groups in total. The minimum atomic E-state index is -0.0894. The van der Waals surface area contributed by atoms with Gasteiger partial charge in [0, 0.05) is 35.0 Å². The van der Waals surface area contributed by atoms with Crippen LogP contribution < -0.4 is 0 Å². The SMILES string of the molecule is CN=C/C=C(\C)c1nc(C(C)(C)C)[nH]c1-c1cccc2c1oc1ccccc12. The standard InChI is InChI=1S/C24H25N3O/c1-15(13-14-25-5)20-21(27-23(26-20)24(2,3)4)18-11-8-10-17-16-9-6-7-12-19(16)28-22(17)18/h6-14H,1-5H3,(H,26,27)/b15-13+,25-14?. The Balaban J connectivity index is 2.02. The van der Waals surface area contributed by atoms with Gasteiger partial charge in [-0.2, -0.15) is 0 Å². The number of fused-ring (bicyclic) bond motifs is 3. The fourth-order valence-corrected chi connectivity index (χ4v) is 3.42. The number of aliphatic imine (C=N–C) groups is 1. The van der Waals surface area contributed by atoms with Gasteiger partial charge in [-0.3, -0.25) is 4.99 Å². The highest BCUT2D eigenvalue weighted by atomic mass is 16.3. The van der Waals surface area contributed by atoms with E-state index in [0.29, 0.717) is 0 Å². The van der Waals surface area contributed by atoms with Crippen LogP contribution in [0.3, 0.4) is 0 Å². The number of aromatic nitrogens is 2. The molecular formula is C24H25N3O. The Morgan fingerprint density at radius 3 is 2.57 bits per heavy atom. The molecule has 0 atom stereocenters. The Labute approximate surface area is 165 Å². The molecule has 0 spiro atoms. The zero-order valence-electron chi connectivity index (χ0n) is 17.0. The third kappa shape index (κ3) is 3.05. The number of nitrogens with zero attached hydrogens (tertiary/aromatic N) is 2. The fraction of sp³-hybridized carbons (Fsp3) is 0.250. The molecule has 4 aromatic rings. The van der Waals surface area contributed by atoms with Gasteiger partial charge in [-0.15, -0.1) is 0 Å². The predicted molar refractivity (Wildman–Crippen MR) is 118 cm³/mol. The molecule has 4 heteroatoms. The first kappa shape index (κ1) is 18.2. The average Bonchev–Trinajstić information content (AvgIpc) is 3.27. The fourth-order valence-electron chi connectivity index (χ4n) is 3.42. The van der Waals surface area contributed by atoms with E-state index in [4.69, 9.17) is 9.40 Å². The minimum absolute atomic E-state index is 0.0894. The van der Waals surface area contributed by atoms with Gasteiger partial charge in [0.15, 0.2) is 0 Å². The molecule has 0 saturated heterocycles. The monoisotopic (exact) mass is 371 g/mol. The van der Waals surface area contributed by atoms with Crippen LogP contribution in [0.4, 0.5) is 0 Å². The molecular weight excluding hydrogens is 346 g/mol. The van der Waals surface area contributed by atoms with Crippen LogP contribution in [0.15, 0.2) is 58.0 Å². The summed E-state index contributed by atoms with van der Waals surface area (Å²) in [6.07, 6.45) is 3.79. The van der Waals surface area contributed by atoms with Crippen LogP contribution in [0.2, 0.25) is 0 Å². The molecule has 142 valence electrons. The number of para-hydroxylation sites is 2. The second-order valence-electron chi connectivity index (χ2n) is 8.10. The lowest BCUT2D eigenvalue weighted by molar-refractivity contribution is 0.552. The molecule has 4 rings (SSSR count). The Hall–Kier alpha value is -3.14. The molecule has 0 unspecified atom stereocenters. The first-order chi connectivity index (χ1) is 13.4. The Morgan fingerprint density at radius 2 is 1.82 bits per heavy atom. The molecule has 28 heavy (non-hydrogen) atoms. The summed E-state index contributed by atoms with van der Waals surface area (Å²) in [6, 6.07) is 14.4. The van der Waals surface area contributed by atoms with Crippen molar-refractivity contribution in [1.82, 2.24) is 9.97 Å². The van der Waals surface area contributed by atoms with E-state index in [9.17, 15) is 0 Å². The Kier molecular flexibility index (Phi) is 4.42. The van der Waals surface area contributed by atoms with Crippen molar-refractivity contribution in [3.63, 3.8) is 0 Å². The van der Waals surface area contributed by atoms with E-state index >= 15 is 0 Å². The van der Waals surface area contributed by atoms with Gasteiger partial charge in [0.2, 0.25) is 0 Å². The van der Waals surface area contributed by atoms with Crippen molar-refractivity contribution in [3.05, 3.63) is 60.1 Å². The topological polar surface area (TPSA) is 54.2 Å². The number of H-pyrrole nitrogens is 1. The molecule has 4 nitrogen and oxygen atoms in total. The molecule has 0 aliphatic carbocycles. The van der Waals surface area contributed by atoms with Gasteiger partial charge in [-0.05, 0) is 30.7 Å². The third-order valence-electron chi connectivity index (χ3n) is 4.93. The van der Waals surface area contributed by atoms with Gasteiger partial charge >= 0.3 is 0 Å². The lowest BCUT2D eigenvalue weighted by Crippen LogP contribution is -2.13. The first-order valence-corrected chi connectivity index (χ1v) is 9.50. The van der Waals surface area contributed by atoms with Gasteiger partial charge in [0.25, 0.3) is 0 Å². The first-order valence-electron chi connectivity index (χ1n) is 9.50. The summed E-state index contributed by atoms with van der Waals surface area (Å²) in [5.41, 5.74) is 5.67. The molecule has 0 bridgehead atoms. The van der Waals surface area contributed by atoms with Crippen molar-refractivity contribution in [2.75, 3.05) is 7.05 Å². The summed E-state index contributed by atoms with van der Waals surface area (Å²) in [6.45, 7) is 8.54. The number of hydrogen-bond acceptors (Lipinski definition) is 3. The van der Waals surface area contributed by atoms with Crippen molar-refractivity contribution in [3.8, 4) is 11.3 Å². The number of hydrogen-bond donors (Lipinski definition) is 1. The van der Waals surface area contributed by atoms with Gasteiger partial charge in [-0.1, -0.05) is 51.1 Å². The lowest BCUT2D eigenvalue weighted by atomic mass is 9.96. The van der Waals surface area contributed by atoms with Crippen LogP contribution in [0, 0.1) is 0 Å². The van der Waals surface area contributed by atoms with Crippen LogP contribution in [-0.4, -0.2) is 23.2 Å². The summed E-state index contributed by atoms with van der Waals surface area (Å²) in [7, 11) is 1.77. The second kappa shape index (κ2) is 6.79. The number of rotatable bonds is 3. The van der Waals surface area contributed by atoms with E-state index in [1.165, 1.54) is 0 Å². The van der Waals surface area contributed by atoms with Crippen molar-refractivity contribution in [1.29, 1.82) is 0 Å². The second-order valence-corrected chi connectivity index (χ2v) is 8.10. The molecule has 0 aliphatic rings. The largest absolute Gasteiger partial charge is 0.455 e. The van der Waals surface area contributed by atoms with E-state index in [2.05, 4.69) is 61.9 Å². The van der Waals surface area contributed by atoms with Crippen LogP contribution in [-0.2, 0) is 5.41 Å². The normalized spacial score (nSPS) is 13.2. The summed E-state index contributed by atoms with van der Waals surface area (Å²) < 4.78 is 6.26. The Bertz CT molecular complexity index is 1220. The predicted octanol–water partition coefficient (Wildman–Crippen LogP) is 6.38. The molecule has 0 amide bonds. The van der Waals surface area contributed by atoms with Gasteiger partial charge in [0.1, 0.15) is 17.0 Å². The molecule has 2 aromatic carbocycles. The zero-order valence-corrected chi connectivity index (χ0v) is 17.0. The number of benzene rings is 2. The summed E-state index contributed by atoms with van der Waals surface area (Å²) in [5.74, 6) is 0.951. The number of imidazole rings is 1. The van der Waals surface area contributed by atoms with Gasteiger partial charge in [0.05, 0.1) is 11.4 Å². The molecule has 0 saturated carbocycles. The zero-order chi connectivity index (χ0) is 19.9. The van der Waals surface area contributed by atoms with Crippen molar-refractivity contribution in [2.45, 2.75) is 33.1 Å². The number of furan rings is 1. The average molecular weight is 371 g/mol. The van der Waals surface area contributed by atoms with Crippen LogP contribution in [0.5, 0.6) is 0 Å². The highest BCUT2D eigenvalue weighted by molar-refractivity contribution is 6.09. The molecule has 0 radical (unpaired) electrons. The van der Waals surface area contributed by atoms with Gasteiger partial charge in [-0.25, -0.2) is 4.98 Å². The number of nitrogens with one attached hydrogen (secondary N) is 1. The highest BCUT2D eigenvalue weighted by Crippen LogP contribution is 2.38. The maximum Gasteiger partial charge on any atom is 0.144 e. The van der Waals surface area contributed by atoms with Gasteiger partial charge < -0.3 is 9.40 Å². The van der Waals surface area contributed by atoms with E-state index in [1.54, 1.807) is 13.3 Å². The number of aromatic amines is 1. The van der Waals surface area contributed by atoms with Crippen LogP contribution in [0.1, 0.15) is 39.2 Å². The van der Waals surface area contributed by atoms with E-state index < -0.39 is 0 Å². The smallest absolute Gasteiger partial charge is 0.144 e. The lowest BCUT2D eigenvalue weighted by Gasteiger charge is -2.14. The maximum atomic E-state index is 6.26. The highest BCUT2D eigenvalue weighted by Gasteiger charge is 2.24. The Morgan fingerprint density at radius 1 is 1.07 bits per heavy atom. The molecule has 2 aromatic heterocycles. The van der Waals surface area contributed by atoms with Crippen LogP contribution in [0.25, 0.3) is 38.8 Å². The summed E-state index contributed by atoms with van der Waals surface area (Å²) >= 11 is 0. The quantitative estimate of drug-likeness (QED) is 0.425. The van der Waals surface area contributed by atoms with Crippen molar-refractivity contribution >= 4 is 33.7 Å².